The van der Waals surface area contributed by atoms with Crippen LogP contribution in [0.15, 0.2) is 340 Å². The van der Waals surface area contributed by atoms with Crippen molar-refractivity contribution in [2.45, 2.75) is 103 Å². The number of para-hydroxylation sites is 4. The lowest BCUT2D eigenvalue weighted by Crippen LogP contribution is -2.26. The minimum absolute atomic E-state index is 0.910. The summed E-state index contributed by atoms with van der Waals surface area (Å²) in [6.45, 7) is 0. The lowest BCUT2D eigenvalue weighted by atomic mass is 9.83. The molecule has 0 N–H and O–H groups in total. The lowest BCUT2D eigenvalue weighted by molar-refractivity contribution is 0.956. The number of rotatable bonds is 0. The molecule has 20 aromatic rings. The molecule has 0 bridgehead atoms. The van der Waals surface area contributed by atoms with Gasteiger partial charge in [-0.2, -0.15) is 0 Å². The van der Waals surface area contributed by atoms with E-state index >= 15 is 0 Å². The van der Waals surface area contributed by atoms with Crippen LogP contribution in [0, 0.1) is 0 Å². The summed E-state index contributed by atoms with van der Waals surface area (Å²) < 4.78 is 0. The maximum Gasteiger partial charge on any atom is 0.141 e. The smallest absolute Gasteiger partial charge is 0.141 e. The van der Waals surface area contributed by atoms with Crippen molar-refractivity contribution in [3.63, 3.8) is 0 Å². The third-order valence-corrected chi connectivity index (χ3v) is 34.5. The van der Waals surface area contributed by atoms with E-state index in [2.05, 4.69) is 345 Å². The molecular formula is C132H88N8. The van der Waals surface area contributed by atoms with E-state index in [1.54, 1.807) is 0 Å². The summed E-state index contributed by atoms with van der Waals surface area (Å²) in [5.74, 6) is 1.10. The topological polar surface area (TPSA) is 64.5 Å². The average Bonchev–Trinajstić information content (AvgIpc) is 1.44. The molecule has 8 aliphatic heterocycles. The van der Waals surface area contributed by atoms with E-state index in [-0.39, 0.29) is 0 Å². The number of pyridine rings is 4. The number of fused-ring (bicyclic) bond motifs is 48. The zero-order valence-electron chi connectivity index (χ0n) is 77.2. The van der Waals surface area contributed by atoms with E-state index in [9.17, 15) is 0 Å². The van der Waals surface area contributed by atoms with E-state index in [0.29, 0.717) is 0 Å². The van der Waals surface area contributed by atoms with Gasteiger partial charge in [-0.15, -0.1) is 0 Å². The molecule has 0 unspecified atom stereocenters. The standard InChI is InChI=1S/4C33H22N2/c1-3-9-24-19(6-1)14-21-11-12-25-26-17-23-15-20-7-2-4-10-30(20)35-32(23)29(27(26)18-28(25)31(21)24)16-22-8-5-13-34-33(22)35;1-3-8-23-19(6-1)14-21-11-12-24-25-16-22-15-20-7-2-4-9-30(20)35-31-10-5-13-34-29(31)18-28(33(22)35)26(25)17-27(24)32(21)23;1-3-7-24-19(5-1)13-22-9-10-25-26-16-23-14-20-6-2-4-8-30(20)35-31-18-34-12-11-21(31)15-29(33(23)35)27(26)17-28(25)32(22)24;1-3-7-24-19(5-1)13-21-9-10-25-26-15-22-14-20-6-2-4-8-30(20)35-31-11-12-34-18-23(31)16-29(33(22)35)27(26)17-28(25)32(21)24/h1-13,17H,14-16,18H2;1-13,16H,14-15,17-18H2;1-12,16,18H,13-15,17H2;1-12,15,18H,13-14,16-17H2. The first-order valence-electron chi connectivity index (χ1n) is 50.3. The Morgan fingerprint density at radius 3 is 0.893 bits per heavy atom. The van der Waals surface area contributed by atoms with Crippen molar-refractivity contribution in [1.82, 2.24) is 19.9 Å². The summed E-state index contributed by atoms with van der Waals surface area (Å²) in [6.07, 6.45) is 28.0. The molecule has 0 spiro atoms. The summed E-state index contributed by atoms with van der Waals surface area (Å²) in [5, 5.41) is 0. The maximum atomic E-state index is 4.88. The summed E-state index contributed by atoms with van der Waals surface area (Å²) in [4.78, 5) is 28.7. The van der Waals surface area contributed by atoms with Crippen molar-refractivity contribution in [1.29, 1.82) is 0 Å². The molecule has 656 valence electrons. The molecule has 16 aromatic carbocycles. The third kappa shape index (κ3) is 10.6. The highest BCUT2D eigenvalue weighted by Gasteiger charge is 2.45. The normalized spacial score (nSPS) is 14.9. The molecule has 36 rings (SSSR count). The molecule has 8 aliphatic carbocycles. The second-order valence-corrected chi connectivity index (χ2v) is 41.3. The number of hydrogen-bond acceptors (Lipinski definition) is 8. The van der Waals surface area contributed by atoms with Gasteiger partial charge in [0, 0.05) is 99.4 Å². The monoisotopic (exact) mass is 1780 g/mol. The van der Waals surface area contributed by atoms with E-state index in [4.69, 9.17) is 9.97 Å². The molecule has 8 heteroatoms. The summed E-state index contributed by atoms with van der Waals surface area (Å²) in [7, 11) is 0. The fourth-order valence-corrected chi connectivity index (χ4v) is 28.8. The van der Waals surface area contributed by atoms with Crippen molar-refractivity contribution in [2.24, 2.45) is 0 Å². The Morgan fingerprint density at radius 1 is 0.157 bits per heavy atom. The Hall–Kier alpha value is -16.7. The van der Waals surface area contributed by atoms with Gasteiger partial charge in [-0.3, -0.25) is 19.9 Å². The van der Waals surface area contributed by atoms with Gasteiger partial charge in [0.05, 0.1) is 57.4 Å². The molecule has 4 aromatic heterocycles. The van der Waals surface area contributed by atoms with Gasteiger partial charge in [0.15, 0.2) is 0 Å². The van der Waals surface area contributed by atoms with Crippen LogP contribution in [-0.2, 0) is 103 Å². The van der Waals surface area contributed by atoms with Gasteiger partial charge in [-0.05, 0) is 392 Å². The molecule has 0 radical (unpaired) electrons. The molecular weight excluding hydrogens is 1700 g/mol. The van der Waals surface area contributed by atoms with Crippen molar-refractivity contribution in [2.75, 3.05) is 19.6 Å². The Balaban J connectivity index is 0.0000000829. The molecule has 140 heavy (non-hydrogen) atoms. The van der Waals surface area contributed by atoms with Gasteiger partial charge in [0.2, 0.25) is 0 Å². The molecule has 0 amide bonds. The molecule has 8 nitrogen and oxygen atoms in total. The second-order valence-electron chi connectivity index (χ2n) is 41.3. The first kappa shape index (κ1) is 76.5. The van der Waals surface area contributed by atoms with Gasteiger partial charge in [-0.1, -0.05) is 224 Å². The van der Waals surface area contributed by atoms with Crippen LogP contribution in [0.25, 0.3) is 89.0 Å². The van der Waals surface area contributed by atoms with Crippen LogP contribution in [0.4, 0.5) is 68.4 Å². The summed E-state index contributed by atoms with van der Waals surface area (Å²) >= 11 is 0. The first-order chi connectivity index (χ1) is 69.4. The minimum atomic E-state index is 0.910. The second kappa shape index (κ2) is 28.5. The van der Waals surface area contributed by atoms with Crippen molar-refractivity contribution in [3.8, 4) is 89.0 Å². The van der Waals surface area contributed by atoms with Crippen molar-refractivity contribution >= 4 is 68.4 Å². The van der Waals surface area contributed by atoms with Gasteiger partial charge in [0.1, 0.15) is 5.82 Å². The van der Waals surface area contributed by atoms with Crippen LogP contribution < -0.4 is 19.6 Å². The number of aromatic nitrogens is 4. The van der Waals surface area contributed by atoms with Gasteiger partial charge >= 0.3 is 0 Å². The molecule has 12 heterocycles. The Morgan fingerprint density at radius 2 is 0.457 bits per heavy atom. The van der Waals surface area contributed by atoms with E-state index in [1.165, 1.54) is 330 Å². The molecule has 16 aliphatic rings. The van der Waals surface area contributed by atoms with Crippen LogP contribution in [0.3, 0.4) is 0 Å². The number of nitrogens with zero attached hydrogens (tertiary/aromatic N) is 8. The van der Waals surface area contributed by atoms with Crippen molar-refractivity contribution < 1.29 is 0 Å². The molecule has 0 saturated carbocycles. The summed E-state index contributed by atoms with van der Waals surface area (Å²) in [5.41, 5.74) is 84.5. The number of anilines is 12. The zero-order chi connectivity index (χ0) is 90.7. The minimum Gasteiger partial charge on any atom is -0.309 e. The Kier molecular flexibility index (Phi) is 15.6. The van der Waals surface area contributed by atoms with Gasteiger partial charge in [-0.25, -0.2) is 4.98 Å². The summed E-state index contributed by atoms with van der Waals surface area (Å²) in [6, 6.07) is 114. The number of hydrogen-bond donors (Lipinski definition) is 0. The van der Waals surface area contributed by atoms with E-state index in [1.807, 2.05) is 24.8 Å². The van der Waals surface area contributed by atoms with Crippen molar-refractivity contribution in [3.05, 3.63) is 519 Å². The lowest BCUT2D eigenvalue weighted by Gasteiger charge is -2.40. The maximum absolute atomic E-state index is 4.88. The average molecular weight is 1790 g/mol. The predicted octanol–water partition coefficient (Wildman–Crippen LogP) is 30.0. The predicted molar refractivity (Wildman–Crippen MR) is 564 cm³/mol. The fourth-order valence-electron chi connectivity index (χ4n) is 28.8. The van der Waals surface area contributed by atoms with Crippen LogP contribution >= 0.6 is 0 Å². The highest BCUT2D eigenvalue weighted by Crippen LogP contribution is 2.64. The largest absolute Gasteiger partial charge is 0.309 e. The van der Waals surface area contributed by atoms with E-state index in [0.717, 1.165) is 109 Å². The van der Waals surface area contributed by atoms with Crippen LogP contribution in [0.5, 0.6) is 0 Å². The van der Waals surface area contributed by atoms with Crippen LogP contribution in [-0.4, -0.2) is 19.9 Å². The molecule has 0 fully saturated rings. The zero-order valence-corrected chi connectivity index (χ0v) is 77.2. The highest BCUT2D eigenvalue weighted by molar-refractivity contribution is 6.03. The molecule has 0 saturated heterocycles. The SMILES string of the molecule is c1ccc2c(c1)Cc1ccc3c(c1-2)Cc1c-3cc2c3c1Cc1cccnc1N3c1ccccc1C2.c1ccc2c(c1)Cc1ccc3c(c1-2)Cc1c-3cc2c3c1Cc1ccncc1N3c1ccccc1C2.c1ccc2c(c1)Cc1ccc3c(c1-2)Cc1c-3cc2c3c1Cc1cnccc1N3c1ccccc1C2.c1ccc2c(c1)Cc1ccc3c(c1-2)Cc1c-3cc2c3c1Cc1ncccc1N3c1ccccc1C2. The van der Waals surface area contributed by atoms with Gasteiger partial charge in [0.25, 0.3) is 0 Å². The third-order valence-electron chi connectivity index (χ3n) is 34.5. The quantitative estimate of drug-likeness (QED) is 0.149. The van der Waals surface area contributed by atoms with Crippen LogP contribution in [0.2, 0.25) is 0 Å². The van der Waals surface area contributed by atoms with E-state index < -0.39 is 0 Å². The van der Waals surface area contributed by atoms with Crippen LogP contribution in [0.1, 0.15) is 178 Å². The number of benzene rings is 16. The molecule has 0 atom stereocenters. The van der Waals surface area contributed by atoms with Gasteiger partial charge < -0.3 is 14.7 Å². The first-order valence-corrected chi connectivity index (χ1v) is 50.3. The highest BCUT2D eigenvalue weighted by atomic mass is 15.2. The Labute approximate surface area is 812 Å². The Bertz CT molecular complexity index is 8040. The fraction of sp³-hybridized carbons (Fsp3) is 0.121.